The third-order valence-corrected chi connectivity index (χ3v) is 4.35. The number of hydrogen-bond acceptors (Lipinski definition) is 3. The number of ether oxygens (including phenoxy) is 1. The summed E-state index contributed by atoms with van der Waals surface area (Å²) in [4.78, 5) is 4.65. The van der Waals surface area contributed by atoms with Crippen molar-refractivity contribution in [2.75, 3.05) is 6.61 Å². The zero-order valence-electron chi connectivity index (χ0n) is 11.7. The van der Waals surface area contributed by atoms with E-state index >= 15 is 0 Å². The molecule has 2 aromatic rings. The smallest absolute Gasteiger partial charge is 0.198 e. The highest BCUT2D eigenvalue weighted by atomic mass is 16.5. The lowest BCUT2D eigenvalue weighted by Gasteiger charge is -2.17. The minimum Gasteiger partial charge on any atom is -0.493 e. The van der Waals surface area contributed by atoms with E-state index in [-0.39, 0.29) is 0 Å². The molecule has 1 radical (unpaired) electrons. The van der Waals surface area contributed by atoms with Crippen molar-refractivity contribution in [3.05, 3.63) is 30.5 Å². The van der Waals surface area contributed by atoms with Crippen LogP contribution >= 0.6 is 0 Å². The topological polar surface area (TPSA) is 35.3 Å². The zero-order chi connectivity index (χ0) is 13.4. The molecule has 0 amide bonds. The summed E-state index contributed by atoms with van der Waals surface area (Å²) in [6, 6.07) is 6.01. The molecule has 0 aliphatic heterocycles. The monoisotopic (exact) mass is 270 g/mol. The molecule has 2 saturated carbocycles. The number of hydrogen-bond donors (Lipinski definition) is 0. The summed E-state index contributed by atoms with van der Waals surface area (Å²) in [6.07, 6.45) is 9.68. The number of nitrogens with zero attached hydrogens (tertiary/aromatic N) is 1. The fourth-order valence-corrected chi connectivity index (χ4v) is 2.86. The van der Waals surface area contributed by atoms with Gasteiger partial charge in [0.2, 0.25) is 0 Å². The van der Waals surface area contributed by atoms with Crippen molar-refractivity contribution >= 4 is 11.1 Å². The lowest BCUT2D eigenvalue weighted by Crippen LogP contribution is -2.04. The van der Waals surface area contributed by atoms with Gasteiger partial charge in [0.05, 0.1) is 6.61 Å². The first-order chi connectivity index (χ1) is 9.88. The van der Waals surface area contributed by atoms with Gasteiger partial charge < -0.3 is 9.15 Å². The van der Waals surface area contributed by atoms with Crippen molar-refractivity contribution in [3.63, 3.8) is 0 Å². The molecule has 2 fully saturated rings. The van der Waals surface area contributed by atoms with Crippen molar-refractivity contribution in [2.45, 2.75) is 44.4 Å². The minimum atomic E-state index is 0.489. The van der Waals surface area contributed by atoms with Gasteiger partial charge in [-0.1, -0.05) is 0 Å². The van der Waals surface area contributed by atoms with Gasteiger partial charge in [-0.2, -0.15) is 0 Å². The molecule has 0 unspecified atom stereocenters. The fraction of sp³-hybridized carbons (Fsp3) is 0.529. The molecule has 0 spiro atoms. The molecule has 1 aromatic carbocycles. The highest BCUT2D eigenvalue weighted by molar-refractivity contribution is 5.74. The van der Waals surface area contributed by atoms with Gasteiger partial charge in [0.25, 0.3) is 0 Å². The summed E-state index contributed by atoms with van der Waals surface area (Å²) >= 11 is 0. The quantitative estimate of drug-likeness (QED) is 0.821. The van der Waals surface area contributed by atoms with Gasteiger partial charge in [-0.05, 0) is 63.0 Å². The van der Waals surface area contributed by atoms with Gasteiger partial charge in [0.1, 0.15) is 11.3 Å². The largest absolute Gasteiger partial charge is 0.493 e. The summed E-state index contributed by atoms with van der Waals surface area (Å²) in [5.74, 6) is 3.08. The Labute approximate surface area is 119 Å². The van der Waals surface area contributed by atoms with Crippen molar-refractivity contribution in [3.8, 4) is 5.75 Å². The number of oxazole rings is 1. The second-order valence-electron chi connectivity index (χ2n) is 6.08. The number of benzene rings is 1. The summed E-state index contributed by atoms with van der Waals surface area (Å²) in [5.41, 5.74) is 1.82. The van der Waals surface area contributed by atoms with E-state index in [4.69, 9.17) is 9.15 Å². The molecule has 4 rings (SSSR count). The van der Waals surface area contributed by atoms with Crippen LogP contribution < -0.4 is 4.74 Å². The number of fused-ring (bicyclic) bond motifs is 1. The SMILES string of the molecule is [CH]1CCC(c2nc3ccc(OCC4CC4)cc3o2)CC1. The van der Waals surface area contributed by atoms with Crippen LogP contribution in [0, 0.1) is 12.3 Å². The first kappa shape index (κ1) is 12.2. The predicted molar refractivity (Wildman–Crippen MR) is 77.7 cm³/mol. The average Bonchev–Trinajstić information content (AvgIpc) is 3.23. The molecule has 3 nitrogen and oxygen atoms in total. The van der Waals surface area contributed by atoms with E-state index in [0.717, 1.165) is 48.1 Å². The molecule has 0 saturated heterocycles. The number of aromatic nitrogens is 1. The molecule has 0 bridgehead atoms. The maximum absolute atomic E-state index is 5.97. The fourth-order valence-electron chi connectivity index (χ4n) is 2.86. The van der Waals surface area contributed by atoms with E-state index in [1.54, 1.807) is 0 Å². The molecule has 3 heteroatoms. The van der Waals surface area contributed by atoms with E-state index in [1.807, 2.05) is 18.2 Å². The molecular weight excluding hydrogens is 250 g/mol. The van der Waals surface area contributed by atoms with E-state index < -0.39 is 0 Å². The Hall–Kier alpha value is -1.51. The summed E-state index contributed by atoms with van der Waals surface area (Å²) in [6.45, 7) is 0.838. The molecule has 0 N–H and O–H groups in total. The first-order valence-electron chi connectivity index (χ1n) is 7.73. The van der Waals surface area contributed by atoms with Crippen LogP contribution in [0.2, 0.25) is 0 Å². The van der Waals surface area contributed by atoms with E-state index in [1.165, 1.54) is 25.7 Å². The van der Waals surface area contributed by atoms with Gasteiger partial charge >= 0.3 is 0 Å². The molecular formula is C17H20NO2. The third-order valence-electron chi connectivity index (χ3n) is 4.35. The van der Waals surface area contributed by atoms with Gasteiger partial charge in [0, 0.05) is 12.0 Å². The molecule has 20 heavy (non-hydrogen) atoms. The first-order valence-corrected chi connectivity index (χ1v) is 7.73. The molecule has 1 heterocycles. The van der Waals surface area contributed by atoms with Crippen LogP contribution in [0.15, 0.2) is 22.6 Å². The van der Waals surface area contributed by atoms with Crippen molar-refractivity contribution < 1.29 is 9.15 Å². The molecule has 1 aromatic heterocycles. The Balaban J connectivity index is 1.54. The lowest BCUT2D eigenvalue weighted by molar-refractivity contribution is 0.299. The van der Waals surface area contributed by atoms with Crippen molar-refractivity contribution in [2.24, 2.45) is 5.92 Å². The third kappa shape index (κ3) is 2.54. The Bertz CT molecular complexity index is 594. The second-order valence-corrected chi connectivity index (χ2v) is 6.08. The van der Waals surface area contributed by atoms with Crippen LogP contribution in [0.5, 0.6) is 5.75 Å². The van der Waals surface area contributed by atoms with Crippen LogP contribution in [0.3, 0.4) is 0 Å². The van der Waals surface area contributed by atoms with Crippen molar-refractivity contribution in [1.82, 2.24) is 4.98 Å². The van der Waals surface area contributed by atoms with Crippen molar-refractivity contribution in [1.29, 1.82) is 0 Å². The van der Waals surface area contributed by atoms with Gasteiger partial charge in [-0.3, -0.25) is 0 Å². The Morgan fingerprint density at radius 2 is 2.00 bits per heavy atom. The molecule has 0 atom stereocenters. The summed E-state index contributed by atoms with van der Waals surface area (Å²) in [7, 11) is 0. The number of rotatable bonds is 4. The summed E-state index contributed by atoms with van der Waals surface area (Å²) < 4.78 is 11.8. The van der Waals surface area contributed by atoms with Crippen LogP contribution in [0.25, 0.3) is 11.1 Å². The van der Waals surface area contributed by atoms with Gasteiger partial charge in [-0.15, -0.1) is 0 Å². The Kier molecular flexibility index (Phi) is 3.13. The molecule has 2 aliphatic carbocycles. The molecule has 2 aliphatic rings. The summed E-state index contributed by atoms with van der Waals surface area (Å²) in [5, 5.41) is 0. The maximum Gasteiger partial charge on any atom is 0.198 e. The van der Waals surface area contributed by atoms with E-state index in [2.05, 4.69) is 11.4 Å². The predicted octanol–water partition coefficient (Wildman–Crippen LogP) is 4.48. The lowest BCUT2D eigenvalue weighted by atomic mass is 9.89. The zero-order valence-corrected chi connectivity index (χ0v) is 11.7. The van der Waals surface area contributed by atoms with Crippen LogP contribution in [0.1, 0.15) is 50.3 Å². The standard InChI is InChI=1S/C17H20NO2/c1-2-4-13(5-3-1)17-18-15-9-8-14(10-16(15)20-17)19-11-12-6-7-12/h1,8-10,12-13H,2-7,11H2. The molecule has 105 valence electrons. The van der Waals surface area contributed by atoms with Crippen LogP contribution in [-0.4, -0.2) is 11.6 Å². The highest BCUT2D eigenvalue weighted by Gasteiger charge is 2.23. The highest BCUT2D eigenvalue weighted by Crippen LogP contribution is 2.34. The van der Waals surface area contributed by atoms with Gasteiger partial charge in [-0.25, -0.2) is 4.98 Å². The Morgan fingerprint density at radius 1 is 1.15 bits per heavy atom. The van der Waals surface area contributed by atoms with E-state index in [0.29, 0.717) is 5.92 Å². The van der Waals surface area contributed by atoms with Gasteiger partial charge in [0.15, 0.2) is 11.5 Å². The van der Waals surface area contributed by atoms with E-state index in [9.17, 15) is 0 Å². The minimum absolute atomic E-state index is 0.489. The second kappa shape index (κ2) is 5.12. The van der Waals surface area contributed by atoms with Crippen LogP contribution in [-0.2, 0) is 0 Å². The Morgan fingerprint density at radius 3 is 2.80 bits per heavy atom. The van der Waals surface area contributed by atoms with Crippen LogP contribution in [0.4, 0.5) is 0 Å². The average molecular weight is 270 g/mol. The maximum atomic E-state index is 5.97. The normalized spacial score (nSPS) is 20.4.